The molecule has 3 aromatic rings. The predicted molar refractivity (Wildman–Crippen MR) is 119 cm³/mol. The number of hydrogen-bond acceptors (Lipinski definition) is 8. The molecule has 154 valence electrons. The van der Waals surface area contributed by atoms with E-state index in [1.54, 1.807) is 36.4 Å². The number of benzene rings is 2. The largest absolute Gasteiger partial charge is 0.486 e. The molecular weight excluding hydrogens is 492 g/mol. The fourth-order valence-corrected chi connectivity index (χ4v) is 4.51. The molecular formula is C19H15BrN4O4S2. The van der Waals surface area contributed by atoms with Crippen molar-refractivity contribution in [2.75, 3.05) is 29.6 Å². The zero-order valence-electron chi connectivity index (χ0n) is 15.4. The first kappa shape index (κ1) is 20.6. The summed E-state index contributed by atoms with van der Waals surface area (Å²) in [5.41, 5.74) is 1.14. The number of rotatable bonds is 6. The van der Waals surface area contributed by atoms with Gasteiger partial charge in [0.1, 0.15) is 13.2 Å². The monoisotopic (exact) mass is 506 g/mol. The molecule has 8 nitrogen and oxygen atoms in total. The first-order chi connectivity index (χ1) is 14.6. The number of nitrogens with zero attached hydrogens (tertiary/aromatic N) is 2. The van der Waals surface area contributed by atoms with Gasteiger partial charge in [0.2, 0.25) is 11.0 Å². The second kappa shape index (κ2) is 9.45. The molecule has 2 heterocycles. The molecule has 0 radical (unpaired) electrons. The van der Waals surface area contributed by atoms with E-state index in [1.165, 1.54) is 23.1 Å². The van der Waals surface area contributed by atoms with Crippen LogP contribution in [0.25, 0.3) is 0 Å². The first-order valence-corrected chi connectivity index (χ1v) is 11.4. The van der Waals surface area contributed by atoms with Crippen LogP contribution < -0.4 is 20.1 Å². The van der Waals surface area contributed by atoms with Crippen LogP contribution in [0.1, 0.15) is 10.4 Å². The fourth-order valence-electron chi connectivity index (χ4n) is 2.56. The number of carbonyl (C=O) groups is 2. The van der Waals surface area contributed by atoms with E-state index >= 15 is 0 Å². The van der Waals surface area contributed by atoms with Gasteiger partial charge in [-0.15, -0.1) is 10.2 Å². The molecule has 0 unspecified atom stereocenters. The molecule has 0 aliphatic carbocycles. The van der Waals surface area contributed by atoms with Crippen molar-refractivity contribution in [3.8, 4) is 11.5 Å². The van der Waals surface area contributed by atoms with E-state index in [0.717, 1.165) is 4.47 Å². The Morgan fingerprint density at radius 2 is 1.90 bits per heavy atom. The van der Waals surface area contributed by atoms with Gasteiger partial charge in [0, 0.05) is 21.8 Å². The van der Waals surface area contributed by atoms with E-state index < -0.39 is 0 Å². The number of nitrogens with one attached hydrogen (secondary N) is 2. The molecule has 2 aromatic carbocycles. The highest BCUT2D eigenvalue weighted by Crippen LogP contribution is 2.33. The summed E-state index contributed by atoms with van der Waals surface area (Å²) in [4.78, 5) is 24.5. The number of amides is 2. The highest BCUT2D eigenvalue weighted by molar-refractivity contribution is 9.10. The van der Waals surface area contributed by atoms with Crippen molar-refractivity contribution in [3.05, 3.63) is 52.5 Å². The third kappa shape index (κ3) is 5.29. The van der Waals surface area contributed by atoms with E-state index in [0.29, 0.717) is 45.4 Å². The Balaban J connectivity index is 1.29. The Hall–Kier alpha value is -2.63. The molecule has 30 heavy (non-hydrogen) atoms. The van der Waals surface area contributed by atoms with Crippen molar-refractivity contribution in [2.45, 2.75) is 4.34 Å². The van der Waals surface area contributed by atoms with Gasteiger partial charge in [-0.2, -0.15) is 0 Å². The van der Waals surface area contributed by atoms with Gasteiger partial charge in [0.05, 0.1) is 5.75 Å². The van der Waals surface area contributed by atoms with Gasteiger partial charge in [0.25, 0.3) is 5.91 Å². The van der Waals surface area contributed by atoms with E-state index in [2.05, 4.69) is 36.8 Å². The predicted octanol–water partition coefficient (Wildman–Crippen LogP) is 4.05. The Labute approximate surface area is 188 Å². The van der Waals surface area contributed by atoms with Crippen LogP contribution in [0.5, 0.6) is 11.5 Å². The van der Waals surface area contributed by atoms with Gasteiger partial charge in [-0.1, -0.05) is 45.1 Å². The van der Waals surface area contributed by atoms with Crippen molar-refractivity contribution in [2.24, 2.45) is 0 Å². The number of anilines is 2. The highest BCUT2D eigenvalue weighted by Gasteiger charge is 2.14. The molecule has 1 aromatic heterocycles. The Bertz CT molecular complexity index is 1090. The van der Waals surface area contributed by atoms with E-state index in [1.807, 2.05) is 6.07 Å². The number of ether oxygens (including phenoxy) is 2. The van der Waals surface area contributed by atoms with E-state index in [9.17, 15) is 9.59 Å². The molecule has 1 aliphatic rings. The molecule has 1 aliphatic heterocycles. The van der Waals surface area contributed by atoms with Gasteiger partial charge in [-0.3, -0.25) is 14.9 Å². The lowest BCUT2D eigenvalue weighted by Crippen LogP contribution is -2.17. The summed E-state index contributed by atoms with van der Waals surface area (Å²) in [6, 6.07) is 12.3. The van der Waals surface area contributed by atoms with Crippen LogP contribution in [0.3, 0.4) is 0 Å². The van der Waals surface area contributed by atoms with Crippen LogP contribution in [0.2, 0.25) is 0 Å². The number of hydrogen-bond donors (Lipinski definition) is 2. The average Bonchev–Trinajstić information content (AvgIpc) is 3.19. The van der Waals surface area contributed by atoms with Crippen molar-refractivity contribution in [3.63, 3.8) is 0 Å². The highest BCUT2D eigenvalue weighted by atomic mass is 79.9. The number of fused-ring (bicyclic) bond motifs is 1. The molecule has 0 saturated heterocycles. The minimum atomic E-state index is -0.277. The summed E-state index contributed by atoms with van der Waals surface area (Å²) in [5, 5.41) is 13.9. The van der Waals surface area contributed by atoms with Gasteiger partial charge < -0.3 is 14.8 Å². The SMILES string of the molecule is O=C(CSc1nnc(NC(=O)c2cccc(Br)c2)s1)Nc1ccc2c(c1)OCCO2. The van der Waals surface area contributed by atoms with Crippen LogP contribution >= 0.6 is 39.0 Å². The summed E-state index contributed by atoms with van der Waals surface area (Å²) in [6.45, 7) is 1.00. The van der Waals surface area contributed by atoms with Crippen LogP contribution in [0.15, 0.2) is 51.3 Å². The Morgan fingerprint density at radius 3 is 2.73 bits per heavy atom. The fraction of sp³-hybridized carbons (Fsp3) is 0.158. The molecule has 2 N–H and O–H groups in total. The summed E-state index contributed by atoms with van der Waals surface area (Å²) in [5.74, 6) is 0.969. The molecule has 0 bridgehead atoms. The number of aromatic nitrogens is 2. The van der Waals surface area contributed by atoms with Gasteiger partial charge >= 0.3 is 0 Å². The Morgan fingerprint density at radius 1 is 1.07 bits per heavy atom. The second-order valence-electron chi connectivity index (χ2n) is 6.03. The number of thioether (sulfide) groups is 1. The lowest BCUT2D eigenvalue weighted by molar-refractivity contribution is -0.113. The van der Waals surface area contributed by atoms with Crippen LogP contribution in [-0.4, -0.2) is 41.0 Å². The van der Waals surface area contributed by atoms with Crippen molar-refractivity contribution in [1.29, 1.82) is 0 Å². The van der Waals surface area contributed by atoms with Gasteiger partial charge in [-0.25, -0.2) is 0 Å². The minimum absolute atomic E-state index is 0.155. The van der Waals surface area contributed by atoms with Crippen LogP contribution in [0.4, 0.5) is 10.8 Å². The third-order valence-electron chi connectivity index (χ3n) is 3.87. The maximum atomic E-state index is 12.3. The smallest absolute Gasteiger partial charge is 0.257 e. The summed E-state index contributed by atoms with van der Waals surface area (Å²) in [7, 11) is 0. The summed E-state index contributed by atoms with van der Waals surface area (Å²) in [6.07, 6.45) is 0. The van der Waals surface area contributed by atoms with Crippen molar-refractivity contribution >= 4 is 61.7 Å². The average molecular weight is 507 g/mol. The molecule has 0 spiro atoms. The van der Waals surface area contributed by atoms with Crippen molar-refractivity contribution in [1.82, 2.24) is 10.2 Å². The molecule has 2 amide bonds. The lowest BCUT2D eigenvalue weighted by atomic mass is 10.2. The second-order valence-corrected chi connectivity index (χ2v) is 9.15. The molecule has 0 atom stereocenters. The van der Waals surface area contributed by atoms with Gasteiger partial charge in [0.15, 0.2) is 15.8 Å². The third-order valence-corrected chi connectivity index (χ3v) is 6.33. The topological polar surface area (TPSA) is 102 Å². The van der Waals surface area contributed by atoms with E-state index in [4.69, 9.17) is 9.47 Å². The summed E-state index contributed by atoms with van der Waals surface area (Å²) < 4.78 is 12.4. The van der Waals surface area contributed by atoms with E-state index in [-0.39, 0.29) is 17.6 Å². The normalized spacial score (nSPS) is 12.3. The first-order valence-electron chi connectivity index (χ1n) is 8.79. The minimum Gasteiger partial charge on any atom is -0.486 e. The standard InChI is InChI=1S/C19H15BrN4O4S2/c20-12-3-1-2-11(8-12)17(26)22-18-23-24-19(30-18)29-10-16(25)21-13-4-5-14-15(9-13)28-7-6-27-14/h1-5,8-9H,6-7,10H2,(H,21,25)(H,22,23,26). The summed E-state index contributed by atoms with van der Waals surface area (Å²) >= 11 is 5.78. The molecule has 11 heteroatoms. The zero-order chi connectivity index (χ0) is 20.9. The maximum Gasteiger partial charge on any atom is 0.257 e. The van der Waals surface area contributed by atoms with Crippen LogP contribution in [0, 0.1) is 0 Å². The quantitative estimate of drug-likeness (QED) is 0.383. The molecule has 0 fully saturated rings. The lowest BCUT2D eigenvalue weighted by Gasteiger charge is -2.18. The molecule has 4 rings (SSSR count). The number of halogens is 1. The molecule has 0 saturated carbocycles. The zero-order valence-corrected chi connectivity index (χ0v) is 18.6. The maximum absolute atomic E-state index is 12.3. The van der Waals surface area contributed by atoms with Crippen LogP contribution in [-0.2, 0) is 4.79 Å². The number of carbonyl (C=O) groups excluding carboxylic acids is 2. The van der Waals surface area contributed by atoms with Gasteiger partial charge in [-0.05, 0) is 30.3 Å². The van der Waals surface area contributed by atoms with Crippen molar-refractivity contribution < 1.29 is 19.1 Å². The Kier molecular flexibility index (Phi) is 6.50.